The number of pyridine rings is 1. The van der Waals surface area contributed by atoms with Gasteiger partial charge in [-0.05, 0) is 51.2 Å². The maximum atomic E-state index is 13.6. The molecule has 0 spiro atoms. The zero-order chi connectivity index (χ0) is 26.2. The molecule has 6 rings (SSSR count). The lowest BCUT2D eigenvalue weighted by Crippen LogP contribution is -2.70. The van der Waals surface area contributed by atoms with E-state index in [2.05, 4.69) is 15.6 Å². The van der Waals surface area contributed by atoms with Crippen molar-refractivity contribution in [2.45, 2.75) is 69.4 Å². The summed E-state index contributed by atoms with van der Waals surface area (Å²) in [4.78, 5) is 29.7. The summed E-state index contributed by atoms with van der Waals surface area (Å²) in [5.41, 5.74) is 1.22. The normalized spacial score (nSPS) is 25.9. The molecule has 0 radical (unpaired) electrons. The van der Waals surface area contributed by atoms with Gasteiger partial charge in [-0.3, -0.25) is 14.6 Å². The number of rotatable bonds is 8. The van der Waals surface area contributed by atoms with Crippen LogP contribution in [0.25, 0.3) is 0 Å². The van der Waals surface area contributed by atoms with Gasteiger partial charge in [0, 0.05) is 28.9 Å². The zero-order valence-corrected chi connectivity index (χ0v) is 21.2. The fourth-order valence-corrected chi connectivity index (χ4v) is 5.69. The Morgan fingerprint density at radius 1 is 1.16 bits per heavy atom. The predicted octanol–water partition coefficient (Wildman–Crippen LogP) is 2.72. The van der Waals surface area contributed by atoms with E-state index >= 15 is 0 Å². The first-order valence-electron chi connectivity index (χ1n) is 12.2. The van der Waals surface area contributed by atoms with Crippen LogP contribution in [0.3, 0.4) is 0 Å². The molecule has 198 valence electrons. The standard InChI is InChI=1S/C26H29ClFN3O6/c1-15-24(18-12-35-11-16(18)10-29-15)37-14-23(34)31-26-6-4-25(5-7-26,9-21(26)32)30-22(33)13-36-17-2-3-19(27)20(28)8-17/h2-3,8,10,21,32H,4-7,9,11-14H2,1H3,(H,30,33)(H,31,34)/t21-,25?,26?/m0/s1. The number of aliphatic hydroxyl groups is 1. The van der Waals surface area contributed by atoms with Crippen molar-refractivity contribution in [3.05, 3.63) is 52.1 Å². The number of hydrogen-bond acceptors (Lipinski definition) is 7. The molecular formula is C26H29ClFN3O6. The average molecular weight is 534 g/mol. The molecule has 0 saturated heterocycles. The Labute approximate surface area is 218 Å². The van der Waals surface area contributed by atoms with Gasteiger partial charge < -0.3 is 30.0 Å². The van der Waals surface area contributed by atoms with Crippen LogP contribution in [0.15, 0.2) is 24.4 Å². The van der Waals surface area contributed by atoms with Crippen LogP contribution < -0.4 is 20.1 Å². The highest BCUT2D eigenvalue weighted by molar-refractivity contribution is 6.30. The Bertz CT molecular complexity index is 1220. The van der Waals surface area contributed by atoms with E-state index in [0.717, 1.165) is 17.2 Å². The highest BCUT2D eigenvalue weighted by Crippen LogP contribution is 2.47. The zero-order valence-electron chi connectivity index (χ0n) is 20.4. The number of amides is 2. The summed E-state index contributed by atoms with van der Waals surface area (Å²) >= 11 is 5.67. The minimum absolute atomic E-state index is 0.0264. The van der Waals surface area contributed by atoms with Crippen molar-refractivity contribution in [1.29, 1.82) is 0 Å². The van der Waals surface area contributed by atoms with Gasteiger partial charge in [-0.2, -0.15) is 0 Å². The molecule has 3 N–H and O–H groups in total. The molecule has 37 heavy (non-hydrogen) atoms. The highest BCUT2D eigenvalue weighted by atomic mass is 35.5. The molecule has 2 heterocycles. The van der Waals surface area contributed by atoms with Crippen molar-refractivity contribution < 1.29 is 33.3 Å². The maximum Gasteiger partial charge on any atom is 0.258 e. The molecule has 1 aromatic heterocycles. The average Bonchev–Trinajstić information content (AvgIpc) is 3.34. The summed E-state index contributed by atoms with van der Waals surface area (Å²) in [5.74, 6) is -0.543. The molecule has 11 heteroatoms. The predicted molar refractivity (Wildman–Crippen MR) is 131 cm³/mol. The number of carbonyl (C=O) groups excluding carboxylic acids is 2. The minimum Gasteiger partial charge on any atom is -0.484 e. The lowest BCUT2D eigenvalue weighted by molar-refractivity contribution is -0.137. The summed E-state index contributed by atoms with van der Waals surface area (Å²) in [6.07, 6.45) is 3.46. The monoisotopic (exact) mass is 533 g/mol. The molecule has 9 nitrogen and oxygen atoms in total. The third-order valence-electron chi connectivity index (χ3n) is 7.63. The first kappa shape index (κ1) is 25.7. The van der Waals surface area contributed by atoms with E-state index in [1.807, 2.05) is 6.92 Å². The van der Waals surface area contributed by atoms with E-state index in [1.54, 1.807) is 6.20 Å². The summed E-state index contributed by atoms with van der Waals surface area (Å²) in [5, 5.41) is 17.0. The Hall–Kier alpha value is -2.95. The molecule has 1 aromatic carbocycles. The first-order chi connectivity index (χ1) is 17.7. The number of aromatic nitrogens is 1. The van der Waals surface area contributed by atoms with Gasteiger partial charge in [-0.25, -0.2) is 4.39 Å². The molecule has 4 aliphatic rings. The van der Waals surface area contributed by atoms with E-state index < -0.39 is 23.0 Å². The largest absolute Gasteiger partial charge is 0.484 e. The van der Waals surface area contributed by atoms with E-state index in [1.165, 1.54) is 12.1 Å². The number of nitrogens with zero attached hydrogens (tertiary/aromatic N) is 1. The van der Waals surface area contributed by atoms with Crippen LogP contribution in [0, 0.1) is 12.7 Å². The van der Waals surface area contributed by atoms with Gasteiger partial charge in [-0.15, -0.1) is 0 Å². The van der Waals surface area contributed by atoms with Crippen LogP contribution in [-0.2, 0) is 27.5 Å². The Kier molecular flexibility index (Phi) is 6.99. The molecule has 3 saturated carbocycles. The van der Waals surface area contributed by atoms with Crippen LogP contribution in [0.1, 0.15) is 48.9 Å². The quantitative estimate of drug-likeness (QED) is 0.477. The van der Waals surface area contributed by atoms with Crippen molar-refractivity contribution >= 4 is 23.4 Å². The molecule has 3 aliphatic carbocycles. The third-order valence-corrected chi connectivity index (χ3v) is 7.94. The van der Waals surface area contributed by atoms with Gasteiger partial charge in [-0.1, -0.05) is 11.6 Å². The van der Waals surface area contributed by atoms with Gasteiger partial charge in [0.25, 0.3) is 11.8 Å². The number of fused-ring (bicyclic) bond motifs is 4. The van der Waals surface area contributed by atoms with Gasteiger partial charge in [0.15, 0.2) is 13.2 Å². The lowest BCUT2D eigenvalue weighted by atomic mass is 9.60. The maximum absolute atomic E-state index is 13.6. The van der Waals surface area contributed by atoms with E-state index in [0.29, 0.717) is 56.8 Å². The Balaban J connectivity index is 1.14. The smallest absolute Gasteiger partial charge is 0.258 e. The number of aryl methyl sites for hydroxylation is 1. The van der Waals surface area contributed by atoms with Crippen LogP contribution in [0.4, 0.5) is 4.39 Å². The molecule has 1 aliphatic heterocycles. The summed E-state index contributed by atoms with van der Waals surface area (Å²) < 4.78 is 30.3. The van der Waals surface area contributed by atoms with Gasteiger partial charge in [0.1, 0.15) is 17.3 Å². The first-order valence-corrected chi connectivity index (χ1v) is 12.6. The van der Waals surface area contributed by atoms with Crippen molar-refractivity contribution in [3.8, 4) is 11.5 Å². The molecule has 2 aromatic rings. The number of aliphatic hydroxyl groups excluding tert-OH is 1. The van der Waals surface area contributed by atoms with Crippen molar-refractivity contribution in [2.24, 2.45) is 0 Å². The molecular weight excluding hydrogens is 505 g/mol. The fraction of sp³-hybridized carbons (Fsp3) is 0.500. The van der Waals surface area contributed by atoms with E-state index in [-0.39, 0.29) is 35.8 Å². The summed E-state index contributed by atoms with van der Waals surface area (Å²) in [6, 6.07) is 3.97. The summed E-state index contributed by atoms with van der Waals surface area (Å²) in [6.45, 7) is 2.24. The number of halogens is 2. The lowest BCUT2D eigenvalue weighted by Gasteiger charge is -2.56. The molecule has 1 atom stereocenters. The van der Waals surface area contributed by atoms with Crippen LogP contribution in [-0.4, -0.2) is 52.3 Å². The second kappa shape index (κ2) is 10.1. The number of hydrogen-bond donors (Lipinski definition) is 3. The number of carbonyl (C=O) groups is 2. The van der Waals surface area contributed by atoms with Crippen LogP contribution in [0.5, 0.6) is 11.5 Å². The number of benzene rings is 1. The van der Waals surface area contributed by atoms with Crippen molar-refractivity contribution in [2.75, 3.05) is 13.2 Å². The molecule has 2 bridgehead atoms. The third kappa shape index (κ3) is 5.23. The van der Waals surface area contributed by atoms with E-state index in [4.69, 9.17) is 25.8 Å². The molecule has 2 amide bonds. The molecule has 3 fully saturated rings. The second-order valence-corrected chi connectivity index (χ2v) is 10.5. The topological polar surface area (TPSA) is 119 Å². The van der Waals surface area contributed by atoms with Crippen molar-refractivity contribution in [1.82, 2.24) is 15.6 Å². The minimum atomic E-state index is -0.830. The fourth-order valence-electron chi connectivity index (χ4n) is 5.57. The molecule has 0 unspecified atom stereocenters. The van der Waals surface area contributed by atoms with Gasteiger partial charge >= 0.3 is 0 Å². The number of ether oxygens (including phenoxy) is 3. The van der Waals surface area contributed by atoms with Gasteiger partial charge in [0.2, 0.25) is 0 Å². The second-order valence-electron chi connectivity index (χ2n) is 10.1. The number of nitrogens with one attached hydrogen (secondary N) is 2. The van der Waals surface area contributed by atoms with Crippen LogP contribution in [0.2, 0.25) is 5.02 Å². The summed E-state index contributed by atoms with van der Waals surface area (Å²) in [7, 11) is 0. The van der Waals surface area contributed by atoms with Gasteiger partial charge in [0.05, 0.1) is 35.6 Å². The Morgan fingerprint density at radius 3 is 2.62 bits per heavy atom. The Morgan fingerprint density at radius 2 is 1.89 bits per heavy atom. The highest BCUT2D eigenvalue weighted by Gasteiger charge is 2.55. The van der Waals surface area contributed by atoms with Crippen LogP contribution >= 0.6 is 11.6 Å². The van der Waals surface area contributed by atoms with Crippen molar-refractivity contribution in [3.63, 3.8) is 0 Å². The van der Waals surface area contributed by atoms with E-state index in [9.17, 15) is 19.1 Å². The SMILES string of the molecule is Cc1ncc2c(c1OCC(=O)NC13CCC(NC(=O)COc4ccc(Cl)c(F)c4)(CC1)C[C@@H]3O)COC2.